The Labute approximate surface area is 352 Å². The summed E-state index contributed by atoms with van der Waals surface area (Å²) in [7, 11) is 2.56. The van der Waals surface area contributed by atoms with Crippen LogP contribution in [0, 0.1) is 5.92 Å². The van der Waals surface area contributed by atoms with E-state index in [-0.39, 0.29) is 29.8 Å². The summed E-state index contributed by atoms with van der Waals surface area (Å²) >= 11 is 0. The van der Waals surface area contributed by atoms with Gasteiger partial charge in [-0.15, -0.1) is 10.2 Å². The SMILES string of the molecule is COC(=O)NC(C(=O)N1CCCC1c1ncc(-c2ccc(-c3ccc4cc(-c5cnc(C6CCCN6C(=O)C(NC(=O)OC)C(C)C)[nH]5)ccc4c3)nn2)[nH]1)c1ccccc1. The van der Waals surface area contributed by atoms with Gasteiger partial charge >= 0.3 is 12.2 Å². The lowest BCUT2D eigenvalue weighted by atomic mass is 10.0. The van der Waals surface area contributed by atoms with Crippen molar-refractivity contribution in [2.45, 2.75) is 63.7 Å². The molecule has 16 heteroatoms. The van der Waals surface area contributed by atoms with E-state index in [9.17, 15) is 19.2 Å². The maximum Gasteiger partial charge on any atom is 0.407 e. The fourth-order valence-corrected chi connectivity index (χ4v) is 8.27. The first-order chi connectivity index (χ1) is 29.6. The van der Waals surface area contributed by atoms with Gasteiger partial charge in [-0.1, -0.05) is 68.4 Å². The van der Waals surface area contributed by atoms with Crippen LogP contribution in [0.25, 0.3) is 44.7 Å². The number of carbonyl (C=O) groups excluding carboxylic acids is 4. The van der Waals surface area contributed by atoms with Crippen molar-refractivity contribution < 1.29 is 28.7 Å². The number of fused-ring (bicyclic) bond motifs is 1. The van der Waals surface area contributed by atoms with Gasteiger partial charge in [0, 0.05) is 24.2 Å². The molecule has 3 aromatic heterocycles. The lowest BCUT2D eigenvalue weighted by Crippen LogP contribution is -2.51. The van der Waals surface area contributed by atoms with Crippen LogP contribution in [-0.2, 0) is 19.1 Å². The molecule has 61 heavy (non-hydrogen) atoms. The Morgan fingerprint density at radius 1 is 0.672 bits per heavy atom. The number of benzene rings is 3. The number of ether oxygens (including phenoxy) is 2. The van der Waals surface area contributed by atoms with Crippen LogP contribution < -0.4 is 10.6 Å². The van der Waals surface area contributed by atoms with E-state index >= 15 is 0 Å². The molecule has 4 unspecified atom stereocenters. The summed E-state index contributed by atoms with van der Waals surface area (Å²) in [5, 5.41) is 16.5. The molecule has 5 heterocycles. The van der Waals surface area contributed by atoms with Gasteiger partial charge in [-0.3, -0.25) is 9.59 Å². The minimum absolute atomic E-state index is 0.115. The van der Waals surface area contributed by atoms with Crippen LogP contribution in [0.15, 0.2) is 91.3 Å². The fraction of sp³-hybridized carbons (Fsp3) is 0.333. The number of likely N-dealkylation sites (tertiary alicyclic amines) is 2. The standard InChI is InChI=1S/C45H48N10O6/c1-26(2)38(50-44(58)60-3)42(56)54-20-8-12-36(54)40-46-24-34(48-40)31-17-15-28-22-30(16-14-29(28)23-31)32-18-19-33(53-52-32)35-25-47-41(49-35)37-13-9-21-55(37)43(57)39(51-45(59)61-4)27-10-6-5-7-11-27/h5-7,10-11,14-19,22-26,36-39H,8-9,12-13,20-21H2,1-4H3,(H,46,48)(H,47,49)(H,50,58)(H,51,59). The summed E-state index contributed by atoms with van der Waals surface area (Å²) in [6, 6.07) is 23.1. The Kier molecular flexibility index (Phi) is 11.8. The fourth-order valence-electron chi connectivity index (χ4n) is 8.27. The Balaban J connectivity index is 0.942. The van der Waals surface area contributed by atoms with Gasteiger partial charge in [-0.2, -0.15) is 0 Å². The molecule has 4 atom stereocenters. The smallest absolute Gasteiger partial charge is 0.407 e. The van der Waals surface area contributed by atoms with Crippen LogP contribution in [0.1, 0.15) is 74.9 Å². The number of hydrogen-bond acceptors (Lipinski definition) is 10. The number of alkyl carbamates (subject to hydrolysis) is 2. The van der Waals surface area contributed by atoms with Crippen molar-refractivity contribution in [1.82, 2.24) is 50.6 Å². The van der Waals surface area contributed by atoms with Crippen LogP contribution in [0.4, 0.5) is 9.59 Å². The Hall–Kier alpha value is -7.10. The molecule has 2 fully saturated rings. The lowest BCUT2D eigenvalue weighted by molar-refractivity contribution is -0.135. The zero-order valence-corrected chi connectivity index (χ0v) is 34.4. The van der Waals surface area contributed by atoms with Gasteiger partial charge in [0.05, 0.1) is 55.8 Å². The van der Waals surface area contributed by atoms with E-state index in [2.05, 4.69) is 60.0 Å². The summed E-state index contributed by atoms with van der Waals surface area (Å²) in [5.74, 6) is 0.844. The Morgan fingerprint density at radius 3 is 1.85 bits per heavy atom. The third-order valence-corrected chi connectivity index (χ3v) is 11.5. The van der Waals surface area contributed by atoms with E-state index in [1.165, 1.54) is 14.2 Å². The number of carbonyl (C=O) groups is 4. The molecule has 3 aromatic carbocycles. The molecule has 4 N–H and O–H groups in total. The highest BCUT2D eigenvalue weighted by atomic mass is 16.5. The highest BCUT2D eigenvalue weighted by molar-refractivity contribution is 5.91. The van der Waals surface area contributed by atoms with Crippen molar-refractivity contribution in [3.8, 4) is 33.9 Å². The van der Waals surface area contributed by atoms with Crippen LogP contribution in [0.5, 0.6) is 0 Å². The van der Waals surface area contributed by atoms with E-state index in [0.29, 0.717) is 53.8 Å². The van der Waals surface area contributed by atoms with E-state index in [0.717, 1.165) is 46.9 Å². The summed E-state index contributed by atoms with van der Waals surface area (Å²) in [5.41, 5.74) is 5.38. The monoisotopic (exact) mass is 824 g/mol. The number of nitrogens with one attached hydrogen (secondary N) is 4. The Morgan fingerprint density at radius 2 is 1.23 bits per heavy atom. The Bertz CT molecular complexity index is 2540. The van der Waals surface area contributed by atoms with Crippen molar-refractivity contribution in [2.24, 2.45) is 5.92 Å². The molecule has 0 bridgehead atoms. The van der Waals surface area contributed by atoms with Crippen LogP contribution in [0.3, 0.4) is 0 Å². The number of amides is 4. The quantitative estimate of drug-likeness (QED) is 0.107. The molecule has 0 aliphatic carbocycles. The van der Waals surface area contributed by atoms with Crippen molar-refractivity contribution >= 4 is 34.8 Å². The molecule has 0 spiro atoms. The second-order valence-corrected chi connectivity index (χ2v) is 15.7. The second kappa shape index (κ2) is 17.6. The highest BCUT2D eigenvalue weighted by Gasteiger charge is 2.39. The molecule has 2 aliphatic heterocycles. The number of methoxy groups -OCH3 is 2. The predicted octanol–water partition coefficient (Wildman–Crippen LogP) is 6.88. The molecule has 2 aliphatic rings. The largest absolute Gasteiger partial charge is 0.453 e. The van der Waals surface area contributed by atoms with Gasteiger partial charge < -0.3 is 39.9 Å². The molecule has 314 valence electrons. The average molecular weight is 825 g/mol. The van der Waals surface area contributed by atoms with Gasteiger partial charge in [0.1, 0.15) is 29.4 Å². The van der Waals surface area contributed by atoms with Gasteiger partial charge in [0.15, 0.2) is 0 Å². The summed E-state index contributed by atoms with van der Waals surface area (Å²) in [4.78, 5) is 71.4. The lowest BCUT2D eigenvalue weighted by Gasteiger charge is -2.30. The van der Waals surface area contributed by atoms with Crippen LogP contribution in [0.2, 0.25) is 0 Å². The highest BCUT2D eigenvalue weighted by Crippen LogP contribution is 2.36. The van der Waals surface area contributed by atoms with Gasteiger partial charge in [-0.25, -0.2) is 19.6 Å². The zero-order chi connectivity index (χ0) is 42.6. The minimum atomic E-state index is -0.902. The molecule has 16 nitrogen and oxygen atoms in total. The van der Waals surface area contributed by atoms with Crippen molar-refractivity contribution in [3.63, 3.8) is 0 Å². The average Bonchev–Trinajstić information content (AvgIpc) is 4.14. The topological polar surface area (TPSA) is 200 Å². The van der Waals surface area contributed by atoms with E-state index < -0.39 is 24.3 Å². The molecule has 6 aromatic rings. The van der Waals surface area contributed by atoms with E-state index in [1.54, 1.807) is 34.3 Å². The maximum absolute atomic E-state index is 13.9. The summed E-state index contributed by atoms with van der Waals surface area (Å²) in [6.07, 6.45) is 5.30. The number of aromatic nitrogens is 6. The summed E-state index contributed by atoms with van der Waals surface area (Å²) < 4.78 is 9.58. The molecular formula is C45H48N10O6. The molecular weight excluding hydrogens is 777 g/mol. The molecule has 4 amide bonds. The normalized spacial score (nSPS) is 17.3. The number of nitrogens with zero attached hydrogens (tertiary/aromatic N) is 6. The van der Waals surface area contributed by atoms with Crippen molar-refractivity contribution in [2.75, 3.05) is 27.3 Å². The maximum atomic E-state index is 13.9. The van der Waals surface area contributed by atoms with E-state index in [4.69, 9.17) is 14.5 Å². The van der Waals surface area contributed by atoms with Crippen molar-refractivity contribution in [3.05, 3.63) is 108 Å². The molecule has 8 rings (SSSR count). The first kappa shape index (κ1) is 40.7. The second-order valence-electron chi connectivity index (χ2n) is 15.7. The summed E-state index contributed by atoms with van der Waals surface area (Å²) in [6.45, 7) is 4.90. The van der Waals surface area contributed by atoms with Crippen LogP contribution in [-0.4, -0.2) is 97.3 Å². The van der Waals surface area contributed by atoms with Gasteiger partial charge in [-0.05, 0) is 72.2 Å². The van der Waals surface area contributed by atoms with Gasteiger partial charge in [0.25, 0.3) is 5.91 Å². The molecule has 0 saturated carbocycles. The number of imidazole rings is 2. The zero-order valence-electron chi connectivity index (χ0n) is 34.4. The van der Waals surface area contributed by atoms with Gasteiger partial charge in [0.2, 0.25) is 5.91 Å². The minimum Gasteiger partial charge on any atom is -0.453 e. The third-order valence-electron chi connectivity index (χ3n) is 11.5. The molecule has 0 radical (unpaired) electrons. The predicted molar refractivity (Wildman–Crippen MR) is 226 cm³/mol. The van der Waals surface area contributed by atoms with Crippen molar-refractivity contribution in [1.29, 1.82) is 0 Å². The van der Waals surface area contributed by atoms with Crippen LogP contribution >= 0.6 is 0 Å². The first-order valence-electron chi connectivity index (χ1n) is 20.4. The third kappa shape index (κ3) is 8.51. The number of hydrogen-bond donors (Lipinski definition) is 4. The number of rotatable bonds is 11. The number of H-pyrrole nitrogens is 2. The molecule has 2 saturated heterocycles. The first-order valence-corrected chi connectivity index (χ1v) is 20.4. The van der Waals surface area contributed by atoms with E-state index in [1.807, 2.05) is 56.3 Å². The number of aromatic amines is 2.